The Morgan fingerprint density at radius 2 is 1.94 bits per heavy atom. The quantitative estimate of drug-likeness (QED) is 0.263. The Morgan fingerprint density at radius 1 is 1.18 bits per heavy atom. The fourth-order valence-corrected chi connectivity index (χ4v) is 3.75. The number of halogens is 1. The Morgan fingerprint density at radius 3 is 2.62 bits per heavy atom. The molecule has 3 aromatic rings. The van der Waals surface area contributed by atoms with Crippen molar-refractivity contribution >= 4 is 33.3 Å². The van der Waals surface area contributed by atoms with E-state index in [4.69, 9.17) is 9.15 Å². The van der Waals surface area contributed by atoms with Crippen LogP contribution in [0.4, 0.5) is 15.8 Å². The van der Waals surface area contributed by atoms with E-state index in [0.29, 0.717) is 5.76 Å². The molecule has 1 atom stereocenters. The molecule has 0 bridgehead atoms. The molecule has 0 aliphatic carbocycles. The SMILES string of the molecule is CC(OC(=O)c1cccc(S(=O)(=O)NCc2ccco2)c1)C(=O)Nc1ccc(F)c([N+](=O)[O-])c1. The van der Waals surface area contributed by atoms with Crippen LogP contribution in [0.5, 0.6) is 0 Å². The van der Waals surface area contributed by atoms with Gasteiger partial charge < -0.3 is 14.5 Å². The maximum absolute atomic E-state index is 13.4. The number of amides is 1. The minimum Gasteiger partial charge on any atom is -0.468 e. The molecule has 0 radical (unpaired) electrons. The van der Waals surface area contributed by atoms with Gasteiger partial charge in [-0.1, -0.05) is 6.07 Å². The normalized spacial score (nSPS) is 12.1. The predicted octanol–water partition coefficient (Wildman–Crippen LogP) is 2.99. The number of nitrogens with zero attached hydrogens (tertiary/aromatic N) is 1. The number of benzene rings is 2. The molecule has 178 valence electrons. The fourth-order valence-electron chi connectivity index (χ4n) is 2.71. The monoisotopic (exact) mass is 491 g/mol. The number of esters is 1. The van der Waals surface area contributed by atoms with Gasteiger partial charge in [0, 0.05) is 11.8 Å². The predicted molar refractivity (Wildman–Crippen MR) is 116 cm³/mol. The van der Waals surface area contributed by atoms with Crippen LogP contribution >= 0.6 is 0 Å². The van der Waals surface area contributed by atoms with Crippen molar-refractivity contribution in [2.45, 2.75) is 24.5 Å². The Hall–Kier alpha value is -4.10. The summed E-state index contributed by atoms with van der Waals surface area (Å²) in [5, 5.41) is 13.1. The van der Waals surface area contributed by atoms with E-state index in [2.05, 4.69) is 10.0 Å². The summed E-state index contributed by atoms with van der Waals surface area (Å²) in [6.45, 7) is 1.15. The zero-order valence-corrected chi connectivity index (χ0v) is 18.4. The Kier molecular flexibility index (Phi) is 7.38. The summed E-state index contributed by atoms with van der Waals surface area (Å²) < 4.78 is 50.9. The minimum atomic E-state index is -3.98. The van der Waals surface area contributed by atoms with Crippen LogP contribution in [0.1, 0.15) is 23.0 Å². The van der Waals surface area contributed by atoms with E-state index in [1.165, 1.54) is 31.4 Å². The molecule has 11 nitrogen and oxygen atoms in total. The number of carbonyl (C=O) groups is 2. The van der Waals surface area contributed by atoms with Gasteiger partial charge in [0.25, 0.3) is 5.91 Å². The van der Waals surface area contributed by atoms with Crippen LogP contribution in [-0.4, -0.2) is 31.3 Å². The molecule has 0 spiro atoms. The highest BCUT2D eigenvalue weighted by Gasteiger charge is 2.23. The second-order valence-corrected chi connectivity index (χ2v) is 8.66. The minimum absolute atomic E-state index is 0.0725. The number of nitro benzene ring substituents is 1. The van der Waals surface area contributed by atoms with Crippen LogP contribution < -0.4 is 10.0 Å². The third-order valence-electron chi connectivity index (χ3n) is 4.46. The van der Waals surface area contributed by atoms with E-state index in [9.17, 15) is 32.5 Å². The van der Waals surface area contributed by atoms with E-state index in [-0.39, 0.29) is 22.7 Å². The molecule has 34 heavy (non-hydrogen) atoms. The van der Waals surface area contributed by atoms with Crippen LogP contribution in [-0.2, 0) is 26.1 Å². The van der Waals surface area contributed by atoms with Crippen molar-refractivity contribution in [2.24, 2.45) is 0 Å². The Bertz CT molecular complexity index is 1330. The highest BCUT2D eigenvalue weighted by atomic mass is 32.2. The Labute approximate surface area is 192 Å². The smallest absolute Gasteiger partial charge is 0.338 e. The first-order chi connectivity index (χ1) is 16.1. The highest BCUT2D eigenvalue weighted by molar-refractivity contribution is 7.89. The van der Waals surface area contributed by atoms with Crippen molar-refractivity contribution in [2.75, 3.05) is 5.32 Å². The number of furan rings is 1. The molecular weight excluding hydrogens is 473 g/mol. The molecule has 1 amide bonds. The first-order valence-corrected chi connectivity index (χ1v) is 11.1. The summed E-state index contributed by atoms with van der Waals surface area (Å²) in [4.78, 5) is 34.4. The van der Waals surface area contributed by atoms with E-state index >= 15 is 0 Å². The summed E-state index contributed by atoms with van der Waals surface area (Å²) >= 11 is 0. The molecule has 0 fully saturated rings. The van der Waals surface area contributed by atoms with Gasteiger partial charge in [-0.2, -0.15) is 4.39 Å². The number of sulfonamides is 1. The molecule has 2 aromatic carbocycles. The third-order valence-corrected chi connectivity index (χ3v) is 5.86. The first-order valence-electron chi connectivity index (χ1n) is 9.65. The largest absolute Gasteiger partial charge is 0.468 e. The molecule has 0 saturated carbocycles. The molecule has 1 heterocycles. The molecule has 1 aromatic heterocycles. The first kappa shape index (κ1) is 24.5. The number of hydrogen-bond acceptors (Lipinski definition) is 8. The lowest BCUT2D eigenvalue weighted by atomic mass is 10.2. The molecule has 1 unspecified atom stereocenters. The van der Waals surface area contributed by atoms with Gasteiger partial charge in [-0.05, 0) is 49.4 Å². The number of carbonyl (C=O) groups excluding carboxylic acids is 2. The van der Waals surface area contributed by atoms with Crippen LogP contribution in [0, 0.1) is 15.9 Å². The van der Waals surface area contributed by atoms with E-state index in [0.717, 1.165) is 24.3 Å². The van der Waals surface area contributed by atoms with Crippen LogP contribution in [0.2, 0.25) is 0 Å². The lowest BCUT2D eigenvalue weighted by Gasteiger charge is -2.14. The third kappa shape index (κ3) is 6.02. The zero-order chi connectivity index (χ0) is 24.9. The number of nitrogens with one attached hydrogen (secondary N) is 2. The number of hydrogen-bond donors (Lipinski definition) is 2. The van der Waals surface area contributed by atoms with E-state index < -0.39 is 44.4 Å². The maximum atomic E-state index is 13.4. The van der Waals surface area contributed by atoms with Gasteiger partial charge in [-0.25, -0.2) is 17.9 Å². The van der Waals surface area contributed by atoms with Crippen molar-refractivity contribution in [3.05, 3.63) is 88.1 Å². The zero-order valence-electron chi connectivity index (χ0n) is 17.6. The number of anilines is 1. The topological polar surface area (TPSA) is 158 Å². The number of nitro groups is 1. The standard InChI is InChI=1S/C21H18FN3O8S/c1-13(20(26)24-15-7-8-18(22)19(11-15)25(28)29)33-21(27)14-4-2-6-17(10-14)34(30,31)23-12-16-5-3-9-32-16/h2-11,13,23H,12H2,1H3,(H,24,26). The van der Waals surface area contributed by atoms with E-state index in [1.54, 1.807) is 12.1 Å². The lowest BCUT2D eigenvalue weighted by molar-refractivity contribution is -0.387. The van der Waals surface area contributed by atoms with Gasteiger partial charge in [0.15, 0.2) is 6.10 Å². The van der Waals surface area contributed by atoms with Crippen LogP contribution in [0.15, 0.2) is 70.2 Å². The summed E-state index contributed by atoms with van der Waals surface area (Å²) in [7, 11) is -3.98. The molecule has 2 N–H and O–H groups in total. The summed E-state index contributed by atoms with van der Waals surface area (Å²) in [6, 6.07) is 10.9. The summed E-state index contributed by atoms with van der Waals surface area (Å²) in [5.41, 5.74) is -1.03. The van der Waals surface area contributed by atoms with Gasteiger partial charge in [0.2, 0.25) is 15.8 Å². The molecule has 0 saturated heterocycles. The molecule has 0 aliphatic heterocycles. The second kappa shape index (κ2) is 10.2. The Balaban J connectivity index is 1.65. The molecule has 0 aliphatic rings. The molecule has 13 heteroatoms. The second-order valence-electron chi connectivity index (χ2n) is 6.89. The summed E-state index contributed by atoms with van der Waals surface area (Å²) in [6.07, 6.45) is 0.0449. The van der Waals surface area contributed by atoms with Crippen LogP contribution in [0.25, 0.3) is 0 Å². The molecular formula is C21H18FN3O8S. The average molecular weight is 491 g/mol. The van der Waals surface area contributed by atoms with Crippen molar-refractivity contribution in [3.63, 3.8) is 0 Å². The molecule has 3 rings (SSSR count). The highest BCUT2D eigenvalue weighted by Crippen LogP contribution is 2.22. The van der Waals surface area contributed by atoms with Crippen molar-refractivity contribution < 1.29 is 36.5 Å². The van der Waals surface area contributed by atoms with Crippen molar-refractivity contribution in [3.8, 4) is 0 Å². The number of rotatable bonds is 9. The van der Waals surface area contributed by atoms with Gasteiger partial charge >= 0.3 is 11.7 Å². The van der Waals surface area contributed by atoms with E-state index in [1.807, 2.05) is 0 Å². The van der Waals surface area contributed by atoms with Crippen molar-refractivity contribution in [1.82, 2.24) is 4.72 Å². The maximum Gasteiger partial charge on any atom is 0.338 e. The average Bonchev–Trinajstić information content (AvgIpc) is 3.32. The van der Waals surface area contributed by atoms with Gasteiger partial charge in [0.05, 0.1) is 28.2 Å². The van der Waals surface area contributed by atoms with Crippen molar-refractivity contribution in [1.29, 1.82) is 0 Å². The van der Waals surface area contributed by atoms with Crippen LogP contribution in [0.3, 0.4) is 0 Å². The van der Waals surface area contributed by atoms with Gasteiger partial charge in [-0.3, -0.25) is 14.9 Å². The van der Waals surface area contributed by atoms with Gasteiger partial charge in [-0.15, -0.1) is 0 Å². The lowest BCUT2D eigenvalue weighted by Crippen LogP contribution is -2.30. The number of ether oxygens (including phenoxy) is 1. The van der Waals surface area contributed by atoms with Gasteiger partial charge in [0.1, 0.15) is 5.76 Å². The summed E-state index contributed by atoms with van der Waals surface area (Å²) in [5.74, 6) is -2.49. The fraction of sp³-hybridized carbons (Fsp3) is 0.143.